The van der Waals surface area contributed by atoms with Gasteiger partial charge in [0, 0.05) is 23.0 Å². The van der Waals surface area contributed by atoms with E-state index in [9.17, 15) is 9.18 Å². The van der Waals surface area contributed by atoms with Gasteiger partial charge in [0.25, 0.3) is 5.91 Å². The van der Waals surface area contributed by atoms with Crippen molar-refractivity contribution in [1.82, 2.24) is 19.5 Å². The summed E-state index contributed by atoms with van der Waals surface area (Å²) in [6.07, 6.45) is 3.02. The molecule has 1 aliphatic heterocycles. The number of aromatic nitrogens is 4. The van der Waals surface area contributed by atoms with Gasteiger partial charge in [0.2, 0.25) is 11.7 Å². The number of imidazole rings is 1. The van der Waals surface area contributed by atoms with Crippen LogP contribution in [0.15, 0.2) is 41.2 Å². The lowest BCUT2D eigenvalue weighted by atomic mass is 10.1. The lowest BCUT2D eigenvalue weighted by Crippen LogP contribution is -2.15. The van der Waals surface area contributed by atoms with Crippen LogP contribution in [0.25, 0.3) is 17.0 Å². The van der Waals surface area contributed by atoms with Gasteiger partial charge in [0.15, 0.2) is 0 Å². The Morgan fingerprint density at radius 3 is 2.97 bits per heavy atom. The van der Waals surface area contributed by atoms with E-state index in [0.29, 0.717) is 47.3 Å². The van der Waals surface area contributed by atoms with Gasteiger partial charge in [-0.25, -0.2) is 9.37 Å². The zero-order valence-electron chi connectivity index (χ0n) is 17.5. The molecule has 0 saturated heterocycles. The molecule has 0 bridgehead atoms. The van der Waals surface area contributed by atoms with Crippen molar-refractivity contribution >= 4 is 17.2 Å². The maximum atomic E-state index is 13.3. The summed E-state index contributed by atoms with van der Waals surface area (Å²) in [7, 11) is 0. The molecule has 1 aliphatic carbocycles. The normalized spacial score (nSPS) is 21.7. The van der Waals surface area contributed by atoms with Crippen LogP contribution in [0.2, 0.25) is 0 Å². The monoisotopic (exact) mass is 433 g/mol. The molecule has 32 heavy (non-hydrogen) atoms. The van der Waals surface area contributed by atoms with Gasteiger partial charge < -0.3 is 14.6 Å². The maximum absolute atomic E-state index is 13.3. The fourth-order valence-corrected chi connectivity index (χ4v) is 4.06. The highest BCUT2D eigenvalue weighted by atomic mass is 19.1. The Hall–Kier alpha value is -3.59. The molecule has 0 spiro atoms. The van der Waals surface area contributed by atoms with E-state index in [-0.39, 0.29) is 17.9 Å². The molecule has 1 saturated carbocycles. The van der Waals surface area contributed by atoms with E-state index in [1.807, 2.05) is 38.2 Å². The van der Waals surface area contributed by atoms with E-state index in [0.717, 1.165) is 16.7 Å². The summed E-state index contributed by atoms with van der Waals surface area (Å²) >= 11 is 0. The number of hydrogen-bond donors (Lipinski definition) is 1. The summed E-state index contributed by atoms with van der Waals surface area (Å²) in [4.78, 5) is 21.8. The zero-order valence-corrected chi connectivity index (χ0v) is 17.5. The van der Waals surface area contributed by atoms with Crippen molar-refractivity contribution in [2.75, 3.05) is 5.32 Å². The number of nitrogens with one attached hydrogen (secondary N) is 1. The van der Waals surface area contributed by atoms with Crippen molar-refractivity contribution in [2.45, 2.75) is 45.1 Å². The van der Waals surface area contributed by atoms with Gasteiger partial charge in [0.05, 0.1) is 24.8 Å². The summed E-state index contributed by atoms with van der Waals surface area (Å²) in [5, 5.41) is 6.93. The van der Waals surface area contributed by atoms with Crippen LogP contribution in [0.4, 0.5) is 10.1 Å². The number of alkyl halides is 1. The predicted molar refractivity (Wildman–Crippen MR) is 113 cm³/mol. The van der Waals surface area contributed by atoms with Crippen molar-refractivity contribution in [3.05, 3.63) is 64.9 Å². The third-order valence-corrected chi connectivity index (χ3v) is 6.14. The number of amides is 1. The largest absolute Gasteiger partial charge is 0.369 e. The standard InChI is InChI=1S/C23H20FN5O3/c1-11-3-4-13(21-27-23(32-28-21)16-6-17(16)24)5-18(11)26-22(30)19-8-25-20-7-15-12(2)31-10-14(15)9-29(19)20/h3-5,7-9,12,16-17H,6,10H2,1-2H3,(H,26,30)/t12?,16-,17-/m0/s1. The van der Waals surface area contributed by atoms with Gasteiger partial charge in [-0.05, 0) is 43.5 Å². The molecule has 3 aromatic heterocycles. The molecular weight excluding hydrogens is 413 g/mol. The minimum absolute atomic E-state index is 0.0238. The number of nitrogens with zero attached hydrogens (tertiary/aromatic N) is 4. The highest BCUT2D eigenvalue weighted by molar-refractivity contribution is 6.04. The Bertz CT molecular complexity index is 1380. The Kier molecular flexibility index (Phi) is 4.16. The van der Waals surface area contributed by atoms with Crippen LogP contribution in [0.1, 0.15) is 58.4 Å². The number of pyridine rings is 1. The predicted octanol–water partition coefficient (Wildman–Crippen LogP) is 4.36. The summed E-state index contributed by atoms with van der Waals surface area (Å²) in [6.45, 7) is 4.42. The van der Waals surface area contributed by atoms with Crippen LogP contribution < -0.4 is 5.32 Å². The quantitative estimate of drug-likeness (QED) is 0.514. The highest BCUT2D eigenvalue weighted by Gasteiger charge is 2.43. The number of hydrogen-bond acceptors (Lipinski definition) is 6. The number of benzene rings is 1. The molecule has 1 N–H and O–H groups in total. The van der Waals surface area contributed by atoms with Crippen LogP contribution in [0.3, 0.4) is 0 Å². The summed E-state index contributed by atoms with van der Waals surface area (Å²) in [5.74, 6) is 0.104. The third-order valence-electron chi connectivity index (χ3n) is 6.14. The molecule has 1 amide bonds. The van der Waals surface area contributed by atoms with Crippen LogP contribution in [0, 0.1) is 6.92 Å². The minimum Gasteiger partial charge on any atom is -0.369 e. The second-order valence-electron chi connectivity index (χ2n) is 8.38. The van der Waals surface area contributed by atoms with Crippen LogP contribution in [-0.4, -0.2) is 31.6 Å². The van der Waals surface area contributed by atoms with Gasteiger partial charge in [0.1, 0.15) is 17.5 Å². The lowest BCUT2D eigenvalue weighted by Gasteiger charge is -2.10. The lowest BCUT2D eigenvalue weighted by molar-refractivity contribution is 0.0796. The first-order valence-corrected chi connectivity index (χ1v) is 10.5. The van der Waals surface area contributed by atoms with Crippen LogP contribution in [-0.2, 0) is 11.3 Å². The molecule has 1 unspecified atom stereocenters. The summed E-state index contributed by atoms with van der Waals surface area (Å²) in [6, 6.07) is 7.47. The minimum atomic E-state index is -0.905. The number of carbonyl (C=O) groups is 1. The number of fused-ring (bicyclic) bond motifs is 2. The molecule has 9 heteroatoms. The first kappa shape index (κ1) is 19.1. The molecule has 2 aliphatic rings. The molecule has 0 radical (unpaired) electrons. The Morgan fingerprint density at radius 2 is 2.16 bits per heavy atom. The fraction of sp³-hybridized carbons (Fsp3) is 0.304. The number of anilines is 1. The molecule has 3 atom stereocenters. The van der Waals surface area contributed by atoms with Crippen molar-refractivity contribution in [1.29, 1.82) is 0 Å². The maximum Gasteiger partial charge on any atom is 0.274 e. The first-order valence-electron chi connectivity index (χ1n) is 10.5. The molecule has 4 aromatic rings. The van der Waals surface area contributed by atoms with E-state index in [1.165, 1.54) is 0 Å². The molecular formula is C23H20FN5O3. The van der Waals surface area contributed by atoms with Crippen LogP contribution >= 0.6 is 0 Å². The van der Waals surface area contributed by atoms with Crippen LogP contribution in [0.5, 0.6) is 0 Å². The number of halogens is 1. The highest BCUT2D eigenvalue weighted by Crippen LogP contribution is 2.43. The number of carbonyl (C=O) groups excluding carboxylic acids is 1. The van der Waals surface area contributed by atoms with Gasteiger partial charge >= 0.3 is 0 Å². The van der Waals surface area contributed by atoms with Crippen molar-refractivity contribution in [2.24, 2.45) is 0 Å². The topological polar surface area (TPSA) is 94.6 Å². The Labute approximate surface area is 182 Å². The molecule has 8 nitrogen and oxygen atoms in total. The number of aryl methyl sites for hydroxylation is 1. The smallest absolute Gasteiger partial charge is 0.274 e. The van der Waals surface area contributed by atoms with E-state index in [1.54, 1.807) is 16.7 Å². The Balaban J connectivity index is 1.29. The molecule has 6 rings (SSSR count). The van der Waals surface area contributed by atoms with E-state index in [2.05, 4.69) is 20.4 Å². The van der Waals surface area contributed by atoms with Crippen molar-refractivity contribution < 1.29 is 18.4 Å². The third kappa shape index (κ3) is 3.08. The average molecular weight is 433 g/mol. The first-order chi connectivity index (χ1) is 15.5. The van der Waals surface area contributed by atoms with Crippen molar-refractivity contribution in [3.8, 4) is 11.4 Å². The van der Waals surface area contributed by atoms with E-state index >= 15 is 0 Å². The van der Waals surface area contributed by atoms with Gasteiger partial charge in [-0.1, -0.05) is 17.3 Å². The second kappa shape index (κ2) is 6.96. The molecule has 1 aromatic carbocycles. The summed E-state index contributed by atoms with van der Waals surface area (Å²) < 4.78 is 25.9. The average Bonchev–Trinajstić information content (AvgIpc) is 3.17. The SMILES string of the molecule is Cc1ccc(-c2noc([C@H]3C[C@@H]3F)n2)cc1NC(=O)c1cnc2cc3c(cn12)COC3C. The Morgan fingerprint density at radius 1 is 1.31 bits per heavy atom. The molecule has 1 fully saturated rings. The summed E-state index contributed by atoms with van der Waals surface area (Å²) in [5.41, 5.74) is 5.46. The number of rotatable bonds is 4. The zero-order chi connectivity index (χ0) is 22.0. The van der Waals surface area contributed by atoms with Gasteiger partial charge in [-0.3, -0.25) is 9.20 Å². The van der Waals surface area contributed by atoms with Crippen molar-refractivity contribution in [3.63, 3.8) is 0 Å². The fourth-order valence-electron chi connectivity index (χ4n) is 4.06. The van der Waals surface area contributed by atoms with Gasteiger partial charge in [-0.2, -0.15) is 4.98 Å². The second-order valence-corrected chi connectivity index (χ2v) is 8.38. The number of ether oxygens (including phenoxy) is 1. The molecule has 162 valence electrons. The van der Waals surface area contributed by atoms with E-state index < -0.39 is 6.17 Å². The van der Waals surface area contributed by atoms with E-state index in [4.69, 9.17) is 9.26 Å². The molecule has 4 heterocycles. The van der Waals surface area contributed by atoms with Gasteiger partial charge in [-0.15, -0.1) is 0 Å².